The normalized spacial score (nSPS) is 13.4. The fraction of sp³-hybridized carbons (Fsp3) is 0.571. The molecule has 3 heterocycles. The lowest BCUT2D eigenvalue weighted by atomic mass is 10.4. The van der Waals surface area contributed by atoms with E-state index >= 15 is 0 Å². The van der Waals surface area contributed by atoms with E-state index in [-0.39, 0.29) is 26.3 Å². The van der Waals surface area contributed by atoms with Crippen molar-refractivity contribution in [2.24, 2.45) is 7.05 Å². The molecule has 1 aliphatic heterocycles. The van der Waals surface area contributed by atoms with Crippen LogP contribution in [0.4, 0.5) is 0 Å². The molecule has 0 spiro atoms. The first-order chi connectivity index (χ1) is 12.0. The zero-order valence-corrected chi connectivity index (χ0v) is 14.5. The van der Waals surface area contributed by atoms with Crippen LogP contribution in [-0.4, -0.2) is 71.8 Å². The zero-order chi connectivity index (χ0) is 18.1. The number of carbonyl (C=O) groups excluding carboxylic acids is 1. The van der Waals surface area contributed by atoms with Crippen molar-refractivity contribution in [2.75, 3.05) is 32.1 Å². The first kappa shape index (κ1) is 17.7. The molecular formula is C14H19N5O5S. The summed E-state index contributed by atoms with van der Waals surface area (Å²) in [7, 11) is 1.51. The molecule has 0 aromatic carbocycles. The molecule has 3 rings (SSSR count). The van der Waals surface area contributed by atoms with Crippen molar-refractivity contribution in [3.63, 3.8) is 0 Å². The molecule has 0 saturated heterocycles. The minimum absolute atomic E-state index is 0.0232. The largest absolute Gasteiger partial charge is 0.395 e. The third-order valence-electron chi connectivity index (χ3n) is 4.13. The molecule has 2 aromatic rings. The van der Waals surface area contributed by atoms with Gasteiger partial charge in [-0.15, -0.1) is 0 Å². The Balaban J connectivity index is 2.06. The Hall–Kier alpha value is -2.11. The van der Waals surface area contributed by atoms with Crippen molar-refractivity contribution in [1.82, 2.24) is 23.6 Å². The van der Waals surface area contributed by atoms with Gasteiger partial charge in [0.1, 0.15) is 6.54 Å². The van der Waals surface area contributed by atoms with E-state index in [0.29, 0.717) is 22.9 Å². The van der Waals surface area contributed by atoms with Gasteiger partial charge in [-0.05, 0) is 0 Å². The molecule has 2 N–H and O–H groups in total. The van der Waals surface area contributed by atoms with Crippen molar-refractivity contribution >= 4 is 28.8 Å². The topological polar surface area (TPSA) is 123 Å². The highest BCUT2D eigenvalue weighted by Crippen LogP contribution is 2.27. The van der Waals surface area contributed by atoms with Crippen molar-refractivity contribution in [3.8, 4) is 0 Å². The number of nitrogens with zero attached hydrogens (tertiary/aromatic N) is 5. The molecular weight excluding hydrogens is 350 g/mol. The summed E-state index contributed by atoms with van der Waals surface area (Å²) in [5.41, 5.74) is -0.560. The lowest BCUT2D eigenvalue weighted by Gasteiger charge is -2.21. The van der Waals surface area contributed by atoms with Gasteiger partial charge < -0.3 is 19.7 Å². The Morgan fingerprint density at radius 2 is 1.96 bits per heavy atom. The number of fused-ring (bicyclic) bond motifs is 3. The maximum absolute atomic E-state index is 12.8. The molecule has 136 valence electrons. The van der Waals surface area contributed by atoms with Gasteiger partial charge in [-0.2, -0.15) is 0 Å². The number of hydrogen-bond acceptors (Lipinski definition) is 7. The molecule has 0 fully saturated rings. The fourth-order valence-corrected chi connectivity index (χ4v) is 3.82. The molecule has 0 atom stereocenters. The SMILES string of the molecule is Cn1c(=O)n(CC(=O)N(CCO)CCO)c(=O)c2c1nc1n2CCS1. The third-order valence-corrected chi connectivity index (χ3v) is 5.09. The predicted octanol–water partition coefficient (Wildman–Crippen LogP) is -2.18. The van der Waals surface area contributed by atoms with Crippen molar-refractivity contribution in [2.45, 2.75) is 18.2 Å². The number of aliphatic hydroxyl groups excluding tert-OH is 2. The van der Waals surface area contributed by atoms with Gasteiger partial charge >= 0.3 is 5.69 Å². The second kappa shape index (κ2) is 7.02. The summed E-state index contributed by atoms with van der Waals surface area (Å²) in [5.74, 6) is 0.289. The predicted molar refractivity (Wildman–Crippen MR) is 90.7 cm³/mol. The van der Waals surface area contributed by atoms with Crippen molar-refractivity contribution in [3.05, 3.63) is 20.8 Å². The van der Waals surface area contributed by atoms with Crippen LogP contribution >= 0.6 is 11.8 Å². The molecule has 2 aromatic heterocycles. The van der Waals surface area contributed by atoms with Crippen LogP contribution in [0, 0.1) is 0 Å². The van der Waals surface area contributed by atoms with Crippen LogP contribution in [0.1, 0.15) is 0 Å². The summed E-state index contributed by atoms with van der Waals surface area (Å²) in [6.07, 6.45) is 0. The molecule has 0 bridgehead atoms. The quantitative estimate of drug-likeness (QED) is 0.593. The first-order valence-corrected chi connectivity index (χ1v) is 8.80. The first-order valence-electron chi connectivity index (χ1n) is 7.82. The van der Waals surface area contributed by atoms with E-state index in [1.807, 2.05) is 0 Å². The molecule has 11 heteroatoms. The second-order valence-corrected chi connectivity index (χ2v) is 6.69. The number of aromatic nitrogens is 4. The van der Waals surface area contributed by atoms with Gasteiger partial charge in [0.05, 0.1) is 13.2 Å². The number of imidazole rings is 1. The van der Waals surface area contributed by atoms with Gasteiger partial charge in [0.2, 0.25) is 5.91 Å². The summed E-state index contributed by atoms with van der Waals surface area (Å²) in [6.45, 7) is -0.324. The summed E-state index contributed by atoms with van der Waals surface area (Å²) in [5, 5.41) is 18.7. The highest BCUT2D eigenvalue weighted by atomic mass is 32.2. The molecule has 0 radical (unpaired) electrons. The van der Waals surface area contributed by atoms with Crippen LogP contribution in [0.2, 0.25) is 0 Å². The summed E-state index contributed by atoms with van der Waals surface area (Å²) in [4.78, 5) is 43.3. The number of hydrogen-bond donors (Lipinski definition) is 2. The number of thioether (sulfide) groups is 1. The Bertz CT molecular complexity index is 924. The van der Waals surface area contributed by atoms with E-state index in [0.717, 1.165) is 10.3 Å². The molecule has 1 amide bonds. The average Bonchev–Trinajstić information content (AvgIpc) is 3.17. The monoisotopic (exact) mass is 369 g/mol. The van der Waals surface area contributed by atoms with E-state index in [1.165, 1.54) is 28.3 Å². The van der Waals surface area contributed by atoms with Crippen LogP contribution in [0.25, 0.3) is 11.2 Å². The van der Waals surface area contributed by atoms with Crippen molar-refractivity contribution in [1.29, 1.82) is 0 Å². The zero-order valence-electron chi connectivity index (χ0n) is 13.7. The Kier molecular flexibility index (Phi) is 4.97. The van der Waals surface area contributed by atoms with Crippen LogP contribution in [0.15, 0.2) is 14.7 Å². The maximum atomic E-state index is 12.8. The van der Waals surface area contributed by atoms with Crippen LogP contribution in [-0.2, 0) is 24.9 Å². The van der Waals surface area contributed by atoms with E-state index < -0.39 is 23.7 Å². The number of carbonyl (C=O) groups is 1. The minimum atomic E-state index is -0.624. The van der Waals surface area contributed by atoms with E-state index in [2.05, 4.69) is 4.98 Å². The Morgan fingerprint density at radius 3 is 2.60 bits per heavy atom. The van der Waals surface area contributed by atoms with E-state index in [1.54, 1.807) is 4.57 Å². The Morgan fingerprint density at radius 1 is 1.28 bits per heavy atom. The maximum Gasteiger partial charge on any atom is 0.332 e. The summed E-state index contributed by atoms with van der Waals surface area (Å²) < 4.78 is 3.91. The van der Waals surface area contributed by atoms with Gasteiger partial charge in [0, 0.05) is 32.4 Å². The fourth-order valence-electron chi connectivity index (χ4n) is 2.87. The van der Waals surface area contributed by atoms with E-state index in [4.69, 9.17) is 10.2 Å². The summed E-state index contributed by atoms with van der Waals surface area (Å²) >= 11 is 1.51. The van der Waals surface area contributed by atoms with Crippen LogP contribution in [0.3, 0.4) is 0 Å². The highest BCUT2D eigenvalue weighted by Gasteiger charge is 2.25. The molecule has 25 heavy (non-hydrogen) atoms. The Labute approximate surface area is 146 Å². The number of rotatable bonds is 6. The standard InChI is InChI=1S/C14H19N5O5S/c1-16-11-10(18-4-7-25-13(18)15-11)12(23)19(14(16)24)8-9(22)17(2-5-20)3-6-21/h20-21H,2-8H2,1H3. The van der Waals surface area contributed by atoms with Crippen LogP contribution < -0.4 is 11.2 Å². The molecule has 10 nitrogen and oxygen atoms in total. The van der Waals surface area contributed by atoms with Gasteiger partial charge in [-0.1, -0.05) is 11.8 Å². The highest BCUT2D eigenvalue weighted by molar-refractivity contribution is 7.99. The lowest BCUT2D eigenvalue weighted by Crippen LogP contribution is -2.45. The second-order valence-electron chi connectivity index (χ2n) is 5.63. The van der Waals surface area contributed by atoms with Gasteiger partial charge in [-0.25, -0.2) is 14.3 Å². The van der Waals surface area contributed by atoms with Gasteiger partial charge in [-0.3, -0.25) is 14.2 Å². The molecule has 1 aliphatic rings. The number of aliphatic hydroxyl groups is 2. The van der Waals surface area contributed by atoms with E-state index in [9.17, 15) is 14.4 Å². The number of amides is 1. The third kappa shape index (κ3) is 2.98. The minimum Gasteiger partial charge on any atom is -0.395 e. The smallest absolute Gasteiger partial charge is 0.332 e. The summed E-state index contributed by atoms with van der Waals surface area (Å²) in [6, 6.07) is 0. The van der Waals surface area contributed by atoms with Gasteiger partial charge in [0.15, 0.2) is 16.3 Å². The number of aryl methyl sites for hydroxylation is 2. The van der Waals surface area contributed by atoms with Crippen LogP contribution in [0.5, 0.6) is 0 Å². The van der Waals surface area contributed by atoms with Crippen molar-refractivity contribution < 1.29 is 15.0 Å². The average molecular weight is 369 g/mol. The lowest BCUT2D eigenvalue weighted by molar-refractivity contribution is -0.133. The molecule has 0 saturated carbocycles. The van der Waals surface area contributed by atoms with Gasteiger partial charge in [0.25, 0.3) is 5.56 Å². The molecule has 0 aliphatic carbocycles. The molecule has 0 unspecified atom stereocenters.